The van der Waals surface area contributed by atoms with Crippen LogP contribution in [0.15, 0.2) is 54.3 Å². The van der Waals surface area contributed by atoms with E-state index in [1.807, 2.05) is 0 Å². The molecular formula is C15H14FNO5. The molecule has 0 bridgehead atoms. The molecule has 7 heteroatoms. The molecule has 1 aliphatic rings. The van der Waals surface area contributed by atoms with Crippen LogP contribution in [-0.2, 0) is 16.1 Å². The summed E-state index contributed by atoms with van der Waals surface area (Å²) < 4.78 is 19.8. The van der Waals surface area contributed by atoms with Crippen LogP contribution >= 0.6 is 0 Å². The van der Waals surface area contributed by atoms with Gasteiger partial charge in [0.05, 0.1) is 18.0 Å². The lowest BCUT2D eigenvalue weighted by Gasteiger charge is -2.32. The molecule has 0 saturated heterocycles. The number of carboxylic acid groups (broad SMARTS) is 1. The summed E-state index contributed by atoms with van der Waals surface area (Å²) in [6.07, 6.45) is 0.565. The van der Waals surface area contributed by atoms with E-state index in [-0.39, 0.29) is 6.61 Å². The topological polar surface area (TPSA) is 89.7 Å². The Hall–Kier alpha value is -2.54. The van der Waals surface area contributed by atoms with Gasteiger partial charge in [0.2, 0.25) is 5.60 Å². The normalized spacial score (nSPS) is 23.9. The summed E-state index contributed by atoms with van der Waals surface area (Å²) in [6, 6.07) is 8.66. The van der Waals surface area contributed by atoms with Gasteiger partial charge < -0.3 is 9.84 Å². The Morgan fingerprint density at radius 2 is 2.09 bits per heavy atom. The van der Waals surface area contributed by atoms with Crippen LogP contribution in [0.4, 0.5) is 4.39 Å². The van der Waals surface area contributed by atoms with Crippen LogP contribution in [0.1, 0.15) is 12.0 Å². The van der Waals surface area contributed by atoms with E-state index < -0.39 is 34.8 Å². The predicted molar refractivity (Wildman–Crippen MR) is 75.3 cm³/mol. The number of benzene rings is 1. The maximum absolute atomic E-state index is 14.4. The maximum atomic E-state index is 14.4. The van der Waals surface area contributed by atoms with Gasteiger partial charge >= 0.3 is 5.97 Å². The van der Waals surface area contributed by atoms with Crippen molar-refractivity contribution in [1.82, 2.24) is 0 Å². The Kier molecular flexibility index (Phi) is 4.67. The number of aliphatic carboxylic acids is 1. The first kappa shape index (κ1) is 15.8. The average Bonchev–Trinajstić information content (AvgIpc) is 2.48. The highest BCUT2D eigenvalue weighted by molar-refractivity contribution is 5.69. The summed E-state index contributed by atoms with van der Waals surface area (Å²) >= 11 is 0. The number of rotatable bonds is 6. The summed E-state index contributed by atoms with van der Waals surface area (Å²) in [6.45, 7) is -0.131. The smallest absolute Gasteiger partial charge is 0.307 e. The van der Waals surface area contributed by atoms with Gasteiger partial charge in [0.15, 0.2) is 6.17 Å². The van der Waals surface area contributed by atoms with Crippen LogP contribution in [0.2, 0.25) is 0 Å². The van der Waals surface area contributed by atoms with E-state index in [1.165, 1.54) is 6.08 Å². The van der Waals surface area contributed by atoms with Crippen molar-refractivity contribution in [3.8, 4) is 0 Å². The Bertz CT molecular complexity index is 628. The number of hydrogen-bond donors (Lipinski definition) is 1. The lowest BCUT2D eigenvalue weighted by Crippen LogP contribution is -2.48. The number of allylic oxidation sites excluding steroid dienone is 2. The predicted octanol–water partition coefficient (Wildman–Crippen LogP) is 2.49. The first-order chi connectivity index (χ1) is 10.5. The zero-order valence-electron chi connectivity index (χ0n) is 11.5. The van der Waals surface area contributed by atoms with Crippen LogP contribution in [0, 0.1) is 10.1 Å². The van der Waals surface area contributed by atoms with E-state index in [9.17, 15) is 19.3 Å². The van der Waals surface area contributed by atoms with Crippen LogP contribution in [0.3, 0.4) is 0 Å². The maximum Gasteiger partial charge on any atom is 0.307 e. The molecule has 22 heavy (non-hydrogen) atoms. The average molecular weight is 307 g/mol. The van der Waals surface area contributed by atoms with E-state index in [0.717, 1.165) is 12.2 Å². The molecule has 6 nitrogen and oxygen atoms in total. The first-order valence-electron chi connectivity index (χ1n) is 6.53. The minimum absolute atomic E-state index is 0.131. The number of alkyl halides is 1. The first-order valence-corrected chi connectivity index (χ1v) is 6.53. The van der Waals surface area contributed by atoms with Gasteiger partial charge in [-0.1, -0.05) is 36.4 Å². The standard InChI is InChI=1S/C15H14FNO5/c16-12-7-4-8-13(17(20)21)15(12,9-14(18)19)22-10-11-5-2-1-3-6-11/h1-8,12H,9-10H2,(H,18,19). The lowest BCUT2D eigenvalue weighted by atomic mass is 9.86. The molecule has 1 aliphatic carbocycles. The van der Waals surface area contributed by atoms with Crippen LogP contribution < -0.4 is 0 Å². The molecule has 2 unspecified atom stereocenters. The largest absolute Gasteiger partial charge is 0.481 e. The molecule has 1 N–H and O–H groups in total. The van der Waals surface area contributed by atoms with Gasteiger partial charge in [-0.25, -0.2) is 4.39 Å². The highest BCUT2D eigenvalue weighted by Crippen LogP contribution is 2.36. The van der Waals surface area contributed by atoms with Crippen molar-refractivity contribution in [2.45, 2.75) is 24.8 Å². The molecule has 0 radical (unpaired) electrons. The number of carbonyl (C=O) groups is 1. The molecule has 0 aliphatic heterocycles. The molecule has 116 valence electrons. The van der Waals surface area contributed by atoms with Crippen molar-refractivity contribution in [2.75, 3.05) is 0 Å². The van der Waals surface area contributed by atoms with Crippen LogP contribution in [-0.4, -0.2) is 27.8 Å². The molecular weight excluding hydrogens is 293 g/mol. The molecule has 1 aromatic carbocycles. The van der Waals surface area contributed by atoms with E-state index in [0.29, 0.717) is 5.56 Å². The third-order valence-corrected chi connectivity index (χ3v) is 3.36. The van der Waals surface area contributed by atoms with Crippen molar-refractivity contribution >= 4 is 5.97 Å². The fourth-order valence-corrected chi connectivity index (χ4v) is 2.30. The van der Waals surface area contributed by atoms with E-state index in [4.69, 9.17) is 9.84 Å². The van der Waals surface area contributed by atoms with Gasteiger partial charge in [0.25, 0.3) is 5.70 Å². The fourth-order valence-electron chi connectivity index (χ4n) is 2.30. The van der Waals surface area contributed by atoms with Crippen molar-refractivity contribution in [3.05, 3.63) is 69.9 Å². The van der Waals surface area contributed by atoms with Crippen molar-refractivity contribution in [2.24, 2.45) is 0 Å². The zero-order valence-corrected chi connectivity index (χ0v) is 11.5. The fraction of sp³-hybridized carbons (Fsp3) is 0.267. The van der Waals surface area contributed by atoms with Gasteiger partial charge in [-0.3, -0.25) is 14.9 Å². The number of nitrogens with zero attached hydrogens (tertiary/aromatic N) is 1. The summed E-state index contributed by atoms with van der Waals surface area (Å²) in [4.78, 5) is 21.4. The Labute approximate surface area is 125 Å². The van der Waals surface area contributed by atoms with E-state index >= 15 is 0 Å². The second-order valence-corrected chi connectivity index (χ2v) is 4.83. The summed E-state index contributed by atoms with van der Waals surface area (Å²) in [5.74, 6) is -1.38. The monoisotopic (exact) mass is 307 g/mol. The van der Waals surface area contributed by atoms with Gasteiger partial charge in [0, 0.05) is 6.08 Å². The Morgan fingerprint density at radius 3 is 2.68 bits per heavy atom. The summed E-state index contributed by atoms with van der Waals surface area (Å²) in [7, 11) is 0. The minimum atomic E-state index is -2.14. The molecule has 0 aromatic heterocycles. The number of ether oxygens (including phenoxy) is 1. The van der Waals surface area contributed by atoms with Gasteiger partial charge in [-0.05, 0) is 11.6 Å². The number of halogens is 1. The van der Waals surface area contributed by atoms with Crippen LogP contribution in [0.25, 0.3) is 0 Å². The third-order valence-electron chi connectivity index (χ3n) is 3.36. The number of carboxylic acids is 1. The van der Waals surface area contributed by atoms with Gasteiger partial charge in [0.1, 0.15) is 0 Å². The van der Waals surface area contributed by atoms with Crippen molar-refractivity contribution < 1.29 is 24.0 Å². The zero-order chi connectivity index (χ0) is 16.2. The molecule has 0 spiro atoms. The molecule has 1 aromatic rings. The number of nitro groups is 1. The molecule has 2 atom stereocenters. The summed E-state index contributed by atoms with van der Waals surface area (Å²) in [5.41, 5.74) is -2.07. The van der Waals surface area contributed by atoms with Gasteiger partial charge in [-0.2, -0.15) is 0 Å². The highest BCUT2D eigenvalue weighted by atomic mass is 19.1. The molecule has 0 heterocycles. The van der Waals surface area contributed by atoms with Gasteiger partial charge in [-0.15, -0.1) is 0 Å². The van der Waals surface area contributed by atoms with E-state index in [2.05, 4.69) is 0 Å². The molecule has 0 amide bonds. The quantitative estimate of drug-likeness (QED) is 0.644. The van der Waals surface area contributed by atoms with Crippen molar-refractivity contribution in [1.29, 1.82) is 0 Å². The third kappa shape index (κ3) is 3.20. The second-order valence-electron chi connectivity index (χ2n) is 4.83. The SMILES string of the molecule is O=C(O)CC1(OCc2ccccc2)C([N+](=O)[O-])=CC=CC1F. The summed E-state index contributed by atoms with van der Waals surface area (Å²) in [5, 5.41) is 20.2. The number of hydrogen-bond acceptors (Lipinski definition) is 4. The van der Waals surface area contributed by atoms with Crippen molar-refractivity contribution in [3.63, 3.8) is 0 Å². The molecule has 2 rings (SSSR count). The van der Waals surface area contributed by atoms with Crippen LogP contribution in [0.5, 0.6) is 0 Å². The molecule has 0 saturated carbocycles. The Morgan fingerprint density at radius 1 is 1.41 bits per heavy atom. The Balaban J connectivity index is 2.34. The molecule has 0 fully saturated rings. The second kappa shape index (κ2) is 6.48. The van der Waals surface area contributed by atoms with E-state index in [1.54, 1.807) is 30.3 Å². The minimum Gasteiger partial charge on any atom is -0.481 e. The highest BCUT2D eigenvalue weighted by Gasteiger charge is 2.53. The lowest BCUT2D eigenvalue weighted by molar-refractivity contribution is -0.449.